The van der Waals surface area contributed by atoms with E-state index in [2.05, 4.69) is 0 Å². The van der Waals surface area contributed by atoms with Gasteiger partial charge in [-0.15, -0.1) is 0 Å². The van der Waals surface area contributed by atoms with Gasteiger partial charge in [-0.1, -0.05) is 19.1 Å². The minimum absolute atomic E-state index is 0.0707. The molecule has 1 aliphatic rings. The molecule has 0 saturated carbocycles. The van der Waals surface area contributed by atoms with Gasteiger partial charge in [-0.3, -0.25) is 14.5 Å². The molecule has 1 aliphatic heterocycles. The quantitative estimate of drug-likeness (QED) is 0.635. The van der Waals surface area contributed by atoms with Gasteiger partial charge in [-0.2, -0.15) is 0 Å². The summed E-state index contributed by atoms with van der Waals surface area (Å²) in [6, 6.07) is 7.16. The first-order valence-electron chi connectivity index (χ1n) is 5.83. The van der Waals surface area contributed by atoms with Gasteiger partial charge in [-0.25, -0.2) is 0 Å². The van der Waals surface area contributed by atoms with E-state index in [-0.39, 0.29) is 24.2 Å². The highest BCUT2D eigenvalue weighted by atomic mass is 16.2. The summed E-state index contributed by atoms with van der Waals surface area (Å²) in [6.45, 7) is 2.47. The summed E-state index contributed by atoms with van der Waals surface area (Å²) in [5.41, 5.74) is 7.13. The lowest BCUT2D eigenvalue weighted by Crippen LogP contribution is -2.30. The number of rotatable bonds is 3. The van der Waals surface area contributed by atoms with Crippen LogP contribution in [0.3, 0.4) is 0 Å². The highest BCUT2D eigenvalue weighted by Gasteiger charge is 2.38. The largest absolute Gasteiger partial charge is 0.399 e. The first-order valence-corrected chi connectivity index (χ1v) is 5.83. The maximum Gasteiger partial charge on any atom is 0.237 e. The van der Waals surface area contributed by atoms with Gasteiger partial charge in [0.15, 0.2) is 0 Å². The van der Waals surface area contributed by atoms with Gasteiger partial charge < -0.3 is 5.73 Å². The monoisotopic (exact) mass is 232 g/mol. The molecule has 1 aromatic carbocycles. The third-order valence-electron chi connectivity index (χ3n) is 3.03. The van der Waals surface area contributed by atoms with Crippen LogP contribution < -0.4 is 5.73 Å². The first-order chi connectivity index (χ1) is 8.13. The Morgan fingerprint density at radius 1 is 1.29 bits per heavy atom. The van der Waals surface area contributed by atoms with Crippen molar-refractivity contribution in [3.8, 4) is 0 Å². The Kier molecular flexibility index (Phi) is 3.13. The van der Waals surface area contributed by atoms with Gasteiger partial charge in [-0.05, 0) is 24.1 Å². The van der Waals surface area contributed by atoms with E-state index in [0.29, 0.717) is 12.2 Å². The second-order valence-corrected chi connectivity index (χ2v) is 4.31. The highest BCUT2D eigenvalue weighted by Crippen LogP contribution is 2.29. The fraction of sp³-hybridized carbons (Fsp3) is 0.385. The molecule has 1 unspecified atom stereocenters. The van der Waals surface area contributed by atoms with Crippen molar-refractivity contribution in [1.82, 2.24) is 4.90 Å². The van der Waals surface area contributed by atoms with E-state index in [1.54, 1.807) is 12.1 Å². The van der Waals surface area contributed by atoms with Crippen LogP contribution >= 0.6 is 0 Å². The van der Waals surface area contributed by atoms with E-state index in [9.17, 15) is 9.59 Å². The van der Waals surface area contributed by atoms with E-state index >= 15 is 0 Å². The molecule has 4 nitrogen and oxygen atoms in total. The maximum absolute atomic E-state index is 12.1. The summed E-state index contributed by atoms with van der Waals surface area (Å²) >= 11 is 0. The molecule has 1 saturated heterocycles. The molecule has 4 heteroatoms. The Morgan fingerprint density at radius 2 is 1.94 bits per heavy atom. The van der Waals surface area contributed by atoms with Crippen molar-refractivity contribution < 1.29 is 9.59 Å². The van der Waals surface area contributed by atoms with Crippen LogP contribution in [-0.4, -0.2) is 23.3 Å². The van der Waals surface area contributed by atoms with Crippen molar-refractivity contribution in [2.45, 2.75) is 25.7 Å². The molecule has 0 spiro atoms. The first kappa shape index (κ1) is 11.6. The zero-order chi connectivity index (χ0) is 12.4. The number of hydrogen-bond acceptors (Lipinski definition) is 3. The molecule has 1 fully saturated rings. The van der Waals surface area contributed by atoms with Gasteiger partial charge in [0, 0.05) is 18.7 Å². The predicted molar refractivity (Wildman–Crippen MR) is 65.2 cm³/mol. The zero-order valence-corrected chi connectivity index (χ0v) is 9.85. The second kappa shape index (κ2) is 4.57. The predicted octanol–water partition coefficient (Wildman–Crippen LogP) is 1.52. The number of anilines is 1. The summed E-state index contributed by atoms with van der Waals surface area (Å²) in [5, 5.41) is 0. The lowest BCUT2D eigenvalue weighted by Gasteiger charge is -2.13. The molecular formula is C13H16N2O2. The van der Waals surface area contributed by atoms with Crippen molar-refractivity contribution in [3.05, 3.63) is 29.8 Å². The van der Waals surface area contributed by atoms with E-state index in [4.69, 9.17) is 5.73 Å². The zero-order valence-electron chi connectivity index (χ0n) is 9.85. The standard InChI is InChI=1S/C13H16N2O2/c1-2-7-15-12(16)8-11(13(15)17)9-3-5-10(14)6-4-9/h3-6,11H,2,7-8,14H2,1H3. The van der Waals surface area contributed by atoms with Crippen LogP contribution in [0.5, 0.6) is 0 Å². The minimum atomic E-state index is -0.324. The minimum Gasteiger partial charge on any atom is -0.399 e. The molecule has 0 bridgehead atoms. The lowest BCUT2D eigenvalue weighted by atomic mass is 9.97. The van der Waals surface area contributed by atoms with Crippen molar-refractivity contribution in [2.75, 3.05) is 12.3 Å². The van der Waals surface area contributed by atoms with E-state index in [0.717, 1.165) is 12.0 Å². The summed E-state index contributed by atoms with van der Waals surface area (Å²) < 4.78 is 0. The maximum atomic E-state index is 12.1. The van der Waals surface area contributed by atoms with Crippen LogP contribution in [0.15, 0.2) is 24.3 Å². The number of carbonyl (C=O) groups excluding carboxylic acids is 2. The number of nitrogens with two attached hydrogens (primary N) is 1. The molecule has 0 aromatic heterocycles. The van der Waals surface area contributed by atoms with Crippen LogP contribution in [0, 0.1) is 0 Å². The SMILES string of the molecule is CCCN1C(=O)CC(c2ccc(N)cc2)C1=O. The van der Waals surface area contributed by atoms with Gasteiger partial charge in [0.2, 0.25) is 11.8 Å². The molecule has 2 rings (SSSR count). The molecule has 2 N–H and O–H groups in total. The van der Waals surface area contributed by atoms with E-state index in [1.165, 1.54) is 4.90 Å². The van der Waals surface area contributed by atoms with Crippen LogP contribution in [-0.2, 0) is 9.59 Å². The molecule has 17 heavy (non-hydrogen) atoms. The molecule has 2 amide bonds. The highest BCUT2D eigenvalue weighted by molar-refractivity contribution is 6.06. The molecule has 0 radical (unpaired) electrons. The van der Waals surface area contributed by atoms with Gasteiger partial charge >= 0.3 is 0 Å². The number of benzene rings is 1. The fourth-order valence-corrected chi connectivity index (χ4v) is 2.13. The molecule has 1 aromatic rings. The van der Waals surface area contributed by atoms with E-state index in [1.807, 2.05) is 19.1 Å². The number of nitrogen functional groups attached to an aromatic ring is 1. The normalized spacial score (nSPS) is 20.1. The van der Waals surface area contributed by atoms with E-state index < -0.39 is 0 Å². The van der Waals surface area contributed by atoms with Crippen molar-refractivity contribution in [2.24, 2.45) is 0 Å². The molecule has 0 aliphatic carbocycles. The number of amides is 2. The average Bonchev–Trinajstić information content (AvgIpc) is 2.59. The van der Waals surface area contributed by atoms with Gasteiger partial charge in [0.1, 0.15) is 0 Å². The summed E-state index contributed by atoms with van der Waals surface area (Å²) in [6.07, 6.45) is 1.08. The summed E-state index contributed by atoms with van der Waals surface area (Å²) in [7, 11) is 0. The molecule has 1 heterocycles. The average molecular weight is 232 g/mol. The lowest BCUT2D eigenvalue weighted by molar-refractivity contribution is -0.138. The van der Waals surface area contributed by atoms with Crippen LogP contribution in [0.4, 0.5) is 5.69 Å². The number of likely N-dealkylation sites (tertiary alicyclic amines) is 1. The number of hydrogen-bond donors (Lipinski definition) is 1. The number of nitrogens with zero attached hydrogens (tertiary/aromatic N) is 1. The van der Waals surface area contributed by atoms with Gasteiger partial charge in [0.05, 0.1) is 5.92 Å². The van der Waals surface area contributed by atoms with Gasteiger partial charge in [0.25, 0.3) is 0 Å². The third kappa shape index (κ3) is 2.16. The van der Waals surface area contributed by atoms with Crippen LogP contribution in [0.1, 0.15) is 31.2 Å². The number of carbonyl (C=O) groups is 2. The Hall–Kier alpha value is -1.84. The molecule has 1 atom stereocenters. The Labute approximate surface area is 100 Å². The summed E-state index contributed by atoms with van der Waals surface area (Å²) in [4.78, 5) is 25.1. The number of imide groups is 1. The fourth-order valence-electron chi connectivity index (χ4n) is 2.13. The smallest absolute Gasteiger partial charge is 0.237 e. The third-order valence-corrected chi connectivity index (χ3v) is 3.03. The Bertz CT molecular complexity index is 439. The second-order valence-electron chi connectivity index (χ2n) is 4.31. The Morgan fingerprint density at radius 3 is 2.53 bits per heavy atom. The van der Waals surface area contributed by atoms with Crippen molar-refractivity contribution in [3.63, 3.8) is 0 Å². The van der Waals surface area contributed by atoms with Crippen molar-refractivity contribution >= 4 is 17.5 Å². The van der Waals surface area contributed by atoms with Crippen molar-refractivity contribution in [1.29, 1.82) is 0 Å². The molecular weight excluding hydrogens is 216 g/mol. The topological polar surface area (TPSA) is 63.4 Å². The molecule has 90 valence electrons. The Balaban J connectivity index is 2.21. The van der Waals surface area contributed by atoms with Crippen LogP contribution in [0.2, 0.25) is 0 Å². The van der Waals surface area contributed by atoms with Crippen LogP contribution in [0.25, 0.3) is 0 Å². The summed E-state index contributed by atoms with van der Waals surface area (Å²) in [5.74, 6) is -0.477.